The average Bonchev–Trinajstić information content (AvgIpc) is 2.61. The third-order valence-corrected chi connectivity index (χ3v) is 2.13. The van der Waals surface area contributed by atoms with Crippen molar-refractivity contribution in [2.75, 3.05) is 6.61 Å². The van der Waals surface area contributed by atoms with Gasteiger partial charge in [-0.15, -0.1) is 0 Å². The summed E-state index contributed by atoms with van der Waals surface area (Å²) < 4.78 is 5.04. The van der Waals surface area contributed by atoms with Gasteiger partial charge in [0.15, 0.2) is 5.76 Å². The van der Waals surface area contributed by atoms with E-state index in [4.69, 9.17) is 9.52 Å². The van der Waals surface area contributed by atoms with E-state index in [2.05, 4.69) is 13.8 Å². The van der Waals surface area contributed by atoms with E-state index >= 15 is 0 Å². The number of carbonyl (C=O) groups is 1. The van der Waals surface area contributed by atoms with Gasteiger partial charge in [0.1, 0.15) is 6.61 Å². The van der Waals surface area contributed by atoms with E-state index in [-0.39, 0.29) is 5.78 Å². The van der Waals surface area contributed by atoms with Gasteiger partial charge >= 0.3 is 0 Å². The second-order valence-corrected chi connectivity index (χ2v) is 3.79. The van der Waals surface area contributed by atoms with Gasteiger partial charge in [-0.1, -0.05) is 13.8 Å². The molecule has 0 fully saturated rings. The molecule has 3 nitrogen and oxygen atoms in total. The number of hydrogen-bond donors (Lipinski definition) is 1. The average molecular weight is 196 g/mol. The minimum Gasteiger partial charge on any atom is -0.461 e. The summed E-state index contributed by atoms with van der Waals surface area (Å²) in [6.45, 7) is 3.78. The highest BCUT2D eigenvalue weighted by Crippen LogP contribution is 2.15. The summed E-state index contributed by atoms with van der Waals surface area (Å²) in [6.07, 6.45) is 3.35. The van der Waals surface area contributed by atoms with Crippen LogP contribution >= 0.6 is 0 Å². The molecule has 1 heterocycles. The van der Waals surface area contributed by atoms with Gasteiger partial charge in [-0.3, -0.25) is 4.79 Å². The van der Waals surface area contributed by atoms with Gasteiger partial charge in [0, 0.05) is 5.56 Å². The molecule has 0 saturated carbocycles. The first-order valence-corrected chi connectivity index (χ1v) is 4.85. The molecule has 0 bridgehead atoms. The van der Waals surface area contributed by atoms with Gasteiger partial charge in [0.05, 0.1) is 6.26 Å². The Labute approximate surface area is 83.7 Å². The lowest BCUT2D eigenvalue weighted by molar-refractivity contribution is 0.0874. The lowest BCUT2D eigenvalue weighted by Crippen LogP contribution is -2.06. The fourth-order valence-corrected chi connectivity index (χ4v) is 1.29. The second-order valence-electron chi connectivity index (χ2n) is 3.79. The Hall–Kier alpha value is -1.09. The van der Waals surface area contributed by atoms with Crippen LogP contribution in [0.5, 0.6) is 0 Å². The first kappa shape index (κ1) is 11.0. The van der Waals surface area contributed by atoms with Crippen molar-refractivity contribution in [2.45, 2.75) is 26.7 Å². The van der Waals surface area contributed by atoms with Crippen LogP contribution < -0.4 is 0 Å². The van der Waals surface area contributed by atoms with E-state index in [9.17, 15) is 4.79 Å². The van der Waals surface area contributed by atoms with Gasteiger partial charge in [0.25, 0.3) is 0 Å². The van der Waals surface area contributed by atoms with Crippen molar-refractivity contribution in [1.82, 2.24) is 0 Å². The zero-order valence-electron chi connectivity index (χ0n) is 8.62. The predicted molar refractivity (Wildman–Crippen MR) is 53.3 cm³/mol. The zero-order valence-corrected chi connectivity index (χ0v) is 8.62. The SMILES string of the molecule is CC(C)CCc1ccoc1C(=O)CO. The van der Waals surface area contributed by atoms with Crippen LogP contribution in [0.3, 0.4) is 0 Å². The summed E-state index contributed by atoms with van der Waals surface area (Å²) in [5.74, 6) is 0.573. The Morgan fingerprint density at radius 2 is 2.29 bits per heavy atom. The minimum absolute atomic E-state index is 0.313. The number of furan rings is 1. The molecule has 0 saturated heterocycles. The topological polar surface area (TPSA) is 50.4 Å². The standard InChI is InChI=1S/C11H16O3/c1-8(2)3-4-9-5-6-14-11(9)10(13)7-12/h5-6,8,12H,3-4,7H2,1-2H3. The summed E-state index contributed by atoms with van der Waals surface area (Å²) in [6, 6.07) is 1.80. The van der Waals surface area contributed by atoms with Crippen molar-refractivity contribution in [1.29, 1.82) is 0 Å². The van der Waals surface area contributed by atoms with Gasteiger partial charge in [-0.05, 0) is 24.8 Å². The van der Waals surface area contributed by atoms with Gasteiger partial charge in [-0.2, -0.15) is 0 Å². The molecule has 78 valence electrons. The Bertz CT molecular complexity index is 299. The molecule has 0 spiro atoms. The van der Waals surface area contributed by atoms with Crippen molar-refractivity contribution in [3.63, 3.8) is 0 Å². The maximum atomic E-state index is 11.2. The molecule has 1 N–H and O–H groups in total. The second kappa shape index (κ2) is 4.96. The van der Waals surface area contributed by atoms with E-state index in [0.29, 0.717) is 11.7 Å². The maximum Gasteiger partial charge on any atom is 0.223 e. The summed E-state index contributed by atoms with van der Waals surface area (Å²) >= 11 is 0. The highest BCUT2D eigenvalue weighted by Gasteiger charge is 2.13. The fourth-order valence-electron chi connectivity index (χ4n) is 1.29. The molecular formula is C11H16O3. The molecule has 0 atom stereocenters. The molecule has 1 aromatic rings. The number of aryl methyl sites for hydroxylation is 1. The summed E-state index contributed by atoms with van der Waals surface area (Å²) in [4.78, 5) is 11.2. The number of rotatable bonds is 5. The summed E-state index contributed by atoms with van der Waals surface area (Å²) in [5.41, 5.74) is 0.901. The van der Waals surface area contributed by atoms with E-state index in [1.54, 1.807) is 6.07 Å². The largest absolute Gasteiger partial charge is 0.461 e. The van der Waals surface area contributed by atoms with Crippen molar-refractivity contribution in [2.24, 2.45) is 5.92 Å². The third-order valence-electron chi connectivity index (χ3n) is 2.13. The van der Waals surface area contributed by atoms with Crippen LogP contribution in [-0.4, -0.2) is 17.5 Å². The molecule has 0 aliphatic carbocycles. The van der Waals surface area contributed by atoms with Crippen LogP contribution in [0.2, 0.25) is 0 Å². The number of Topliss-reactive ketones (excluding diaryl/α,β-unsaturated/α-hetero) is 1. The van der Waals surface area contributed by atoms with E-state index in [0.717, 1.165) is 18.4 Å². The number of hydrogen-bond acceptors (Lipinski definition) is 3. The van der Waals surface area contributed by atoms with Gasteiger partial charge in [0.2, 0.25) is 5.78 Å². The smallest absolute Gasteiger partial charge is 0.223 e. The van der Waals surface area contributed by atoms with Crippen LogP contribution in [0.15, 0.2) is 16.7 Å². The molecule has 0 radical (unpaired) electrons. The summed E-state index contributed by atoms with van der Waals surface area (Å²) in [7, 11) is 0. The highest BCUT2D eigenvalue weighted by molar-refractivity contribution is 5.95. The number of carbonyl (C=O) groups excluding carboxylic acids is 1. The predicted octanol–water partition coefficient (Wildman–Crippen LogP) is 2.04. The van der Waals surface area contributed by atoms with E-state index < -0.39 is 6.61 Å². The molecule has 0 aliphatic heterocycles. The molecule has 1 rings (SSSR count). The molecule has 0 aromatic carbocycles. The third kappa shape index (κ3) is 2.70. The first-order valence-electron chi connectivity index (χ1n) is 4.85. The van der Waals surface area contributed by atoms with E-state index in [1.807, 2.05) is 0 Å². The molecule has 1 aromatic heterocycles. The molecule has 0 unspecified atom stereocenters. The van der Waals surface area contributed by atoms with Gasteiger partial charge in [-0.25, -0.2) is 0 Å². The van der Waals surface area contributed by atoms with Gasteiger partial charge < -0.3 is 9.52 Å². The summed E-state index contributed by atoms with van der Waals surface area (Å²) in [5, 5.41) is 8.70. The Kier molecular flexibility index (Phi) is 3.89. The maximum absolute atomic E-state index is 11.2. The quantitative estimate of drug-likeness (QED) is 0.733. The highest BCUT2D eigenvalue weighted by atomic mass is 16.3. The van der Waals surface area contributed by atoms with E-state index in [1.165, 1.54) is 6.26 Å². The molecule has 0 aliphatic rings. The Morgan fingerprint density at radius 1 is 1.57 bits per heavy atom. The van der Waals surface area contributed by atoms with Crippen LogP contribution in [0, 0.1) is 5.92 Å². The van der Waals surface area contributed by atoms with Crippen molar-refractivity contribution >= 4 is 5.78 Å². The van der Waals surface area contributed by atoms with Crippen LogP contribution in [0.1, 0.15) is 36.4 Å². The lowest BCUT2D eigenvalue weighted by atomic mass is 10.0. The van der Waals surface area contributed by atoms with Crippen LogP contribution in [-0.2, 0) is 6.42 Å². The first-order chi connectivity index (χ1) is 6.65. The number of aliphatic hydroxyl groups excluding tert-OH is 1. The molecule has 0 amide bonds. The van der Waals surface area contributed by atoms with Crippen LogP contribution in [0.4, 0.5) is 0 Å². The monoisotopic (exact) mass is 196 g/mol. The van der Waals surface area contributed by atoms with Crippen molar-refractivity contribution in [3.05, 3.63) is 23.7 Å². The number of ketones is 1. The van der Waals surface area contributed by atoms with Crippen LogP contribution in [0.25, 0.3) is 0 Å². The fraction of sp³-hybridized carbons (Fsp3) is 0.545. The molecular weight excluding hydrogens is 180 g/mol. The van der Waals surface area contributed by atoms with Crippen molar-refractivity contribution < 1.29 is 14.3 Å². The lowest BCUT2D eigenvalue weighted by Gasteiger charge is -2.03. The number of aliphatic hydroxyl groups is 1. The Balaban J connectivity index is 2.67. The normalized spacial score (nSPS) is 10.9. The minimum atomic E-state index is -0.484. The zero-order chi connectivity index (χ0) is 10.6. The molecule has 3 heteroatoms. The van der Waals surface area contributed by atoms with Crippen molar-refractivity contribution in [3.8, 4) is 0 Å². The Morgan fingerprint density at radius 3 is 2.86 bits per heavy atom. The molecule has 14 heavy (non-hydrogen) atoms.